The molecule has 1 amide bonds. The number of hydrogen-bond acceptors (Lipinski definition) is 3. The maximum absolute atomic E-state index is 11.3. The van der Waals surface area contributed by atoms with Crippen LogP contribution in [0.3, 0.4) is 0 Å². The summed E-state index contributed by atoms with van der Waals surface area (Å²) in [5.41, 5.74) is 8.11. The van der Waals surface area contributed by atoms with Crippen LogP contribution < -0.4 is 16.0 Å². The van der Waals surface area contributed by atoms with Crippen LogP contribution in [0.25, 0.3) is 0 Å². The maximum Gasteiger partial charge on any atom is 0.239 e. The average Bonchev–Trinajstić information content (AvgIpc) is 2.29. The largest absolute Gasteiger partial charge is 0.360 e. The molecule has 1 heterocycles. The highest BCUT2D eigenvalue weighted by atomic mass is 16.2. The molecule has 4 nitrogen and oxygen atoms in total. The number of carbonyl (C=O) groups excluding carboxylic acids is 1. The summed E-state index contributed by atoms with van der Waals surface area (Å²) in [6.45, 7) is 4.05. The number of nitrogens with one attached hydrogen (secondary N) is 1. The molecule has 0 bridgehead atoms. The van der Waals surface area contributed by atoms with Crippen LogP contribution in [0.5, 0.6) is 0 Å². The Morgan fingerprint density at radius 3 is 2.71 bits per heavy atom. The number of benzene rings is 1. The van der Waals surface area contributed by atoms with Gasteiger partial charge in [-0.3, -0.25) is 4.79 Å². The molecule has 3 N–H and O–H groups in total. The van der Waals surface area contributed by atoms with Gasteiger partial charge in [-0.2, -0.15) is 0 Å². The SMILES string of the molecule is CC(N)Cc1ccc(N2CCNC(=O)C2)cc1. The molecule has 0 saturated carbocycles. The summed E-state index contributed by atoms with van der Waals surface area (Å²) in [7, 11) is 0. The van der Waals surface area contributed by atoms with E-state index >= 15 is 0 Å². The fourth-order valence-electron chi connectivity index (χ4n) is 2.07. The smallest absolute Gasteiger partial charge is 0.239 e. The average molecular weight is 233 g/mol. The third-order valence-corrected chi connectivity index (χ3v) is 2.90. The third-order valence-electron chi connectivity index (χ3n) is 2.90. The maximum atomic E-state index is 11.3. The fraction of sp³-hybridized carbons (Fsp3) is 0.462. The topological polar surface area (TPSA) is 58.4 Å². The first-order valence-corrected chi connectivity index (χ1v) is 6.01. The minimum atomic E-state index is 0.0934. The van der Waals surface area contributed by atoms with Gasteiger partial charge in [0.15, 0.2) is 0 Å². The normalized spacial score (nSPS) is 17.8. The number of rotatable bonds is 3. The third kappa shape index (κ3) is 3.20. The quantitative estimate of drug-likeness (QED) is 0.800. The summed E-state index contributed by atoms with van der Waals surface area (Å²) in [6, 6.07) is 8.49. The van der Waals surface area contributed by atoms with Gasteiger partial charge in [0.2, 0.25) is 5.91 Å². The first-order chi connectivity index (χ1) is 8.15. The Balaban J connectivity index is 2.04. The zero-order valence-electron chi connectivity index (χ0n) is 10.1. The number of anilines is 1. The van der Waals surface area contributed by atoms with Gasteiger partial charge in [-0.1, -0.05) is 12.1 Å². The summed E-state index contributed by atoms with van der Waals surface area (Å²) < 4.78 is 0. The van der Waals surface area contributed by atoms with Crippen LogP contribution >= 0.6 is 0 Å². The Kier molecular flexibility index (Phi) is 3.64. The van der Waals surface area contributed by atoms with E-state index in [1.54, 1.807) is 0 Å². The first-order valence-electron chi connectivity index (χ1n) is 6.01. The fourth-order valence-corrected chi connectivity index (χ4v) is 2.07. The lowest BCUT2D eigenvalue weighted by Gasteiger charge is -2.28. The molecule has 0 spiro atoms. The van der Waals surface area contributed by atoms with Gasteiger partial charge in [-0.05, 0) is 31.0 Å². The second-order valence-electron chi connectivity index (χ2n) is 4.62. The van der Waals surface area contributed by atoms with Crippen molar-refractivity contribution in [2.75, 3.05) is 24.5 Å². The van der Waals surface area contributed by atoms with E-state index in [9.17, 15) is 4.79 Å². The summed E-state index contributed by atoms with van der Waals surface area (Å²) in [4.78, 5) is 13.4. The lowest BCUT2D eigenvalue weighted by Crippen LogP contribution is -2.47. The van der Waals surface area contributed by atoms with E-state index in [0.717, 1.165) is 25.2 Å². The van der Waals surface area contributed by atoms with E-state index in [-0.39, 0.29) is 11.9 Å². The Labute approximate surface area is 102 Å². The molecular formula is C13H19N3O. The molecule has 1 aliphatic rings. The minimum absolute atomic E-state index is 0.0934. The molecule has 0 aliphatic carbocycles. The highest BCUT2D eigenvalue weighted by Gasteiger charge is 2.16. The second kappa shape index (κ2) is 5.19. The van der Waals surface area contributed by atoms with Crippen molar-refractivity contribution in [3.63, 3.8) is 0 Å². The highest BCUT2D eigenvalue weighted by molar-refractivity contribution is 5.82. The van der Waals surface area contributed by atoms with Gasteiger partial charge in [0.05, 0.1) is 6.54 Å². The minimum Gasteiger partial charge on any atom is -0.360 e. The molecule has 1 aromatic rings. The van der Waals surface area contributed by atoms with Crippen molar-refractivity contribution in [3.05, 3.63) is 29.8 Å². The molecular weight excluding hydrogens is 214 g/mol. The van der Waals surface area contributed by atoms with Crippen molar-refractivity contribution in [2.24, 2.45) is 5.73 Å². The van der Waals surface area contributed by atoms with Crippen LogP contribution in [0.2, 0.25) is 0 Å². The predicted octanol–water partition coefficient (Wildman–Crippen LogP) is 0.513. The lowest BCUT2D eigenvalue weighted by atomic mass is 10.1. The second-order valence-corrected chi connectivity index (χ2v) is 4.62. The Bertz CT molecular complexity index is 386. The molecule has 0 aromatic heterocycles. The first kappa shape index (κ1) is 11.9. The van der Waals surface area contributed by atoms with Crippen LogP contribution in [0, 0.1) is 0 Å². The van der Waals surface area contributed by atoms with Crippen molar-refractivity contribution in [3.8, 4) is 0 Å². The Morgan fingerprint density at radius 2 is 2.12 bits per heavy atom. The molecule has 1 fully saturated rings. The molecule has 1 aliphatic heterocycles. The van der Waals surface area contributed by atoms with Crippen molar-refractivity contribution in [1.82, 2.24) is 5.32 Å². The van der Waals surface area contributed by atoms with Crippen molar-refractivity contribution in [2.45, 2.75) is 19.4 Å². The summed E-state index contributed by atoms with van der Waals surface area (Å²) in [6.07, 6.45) is 0.890. The van der Waals surface area contributed by atoms with Crippen LogP contribution in [0.1, 0.15) is 12.5 Å². The van der Waals surface area contributed by atoms with Gasteiger partial charge in [-0.15, -0.1) is 0 Å². The molecule has 92 valence electrons. The Morgan fingerprint density at radius 1 is 1.41 bits per heavy atom. The van der Waals surface area contributed by atoms with E-state index in [4.69, 9.17) is 5.73 Å². The molecule has 1 saturated heterocycles. The zero-order valence-corrected chi connectivity index (χ0v) is 10.1. The molecule has 17 heavy (non-hydrogen) atoms. The van der Waals surface area contributed by atoms with E-state index in [0.29, 0.717) is 6.54 Å². The van der Waals surface area contributed by atoms with Crippen LogP contribution in [-0.4, -0.2) is 31.6 Å². The van der Waals surface area contributed by atoms with Gasteiger partial charge in [0.25, 0.3) is 0 Å². The van der Waals surface area contributed by atoms with Crippen molar-refractivity contribution >= 4 is 11.6 Å². The standard InChI is InChI=1S/C13H19N3O/c1-10(14)8-11-2-4-12(5-3-11)16-7-6-15-13(17)9-16/h2-5,10H,6-9,14H2,1H3,(H,15,17). The predicted molar refractivity (Wildman–Crippen MR) is 69.0 cm³/mol. The summed E-state index contributed by atoms with van der Waals surface area (Å²) in [5, 5.41) is 2.82. The number of amides is 1. The molecule has 2 rings (SSSR count). The van der Waals surface area contributed by atoms with Crippen LogP contribution in [0.15, 0.2) is 24.3 Å². The molecule has 4 heteroatoms. The number of nitrogens with two attached hydrogens (primary N) is 1. The monoisotopic (exact) mass is 233 g/mol. The van der Waals surface area contributed by atoms with E-state index in [1.807, 2.05) is 6.92 Å². The van der Waals surface area contributed by atoms with Gasteiger partial charge in [0, 0.05) is 24.8 Å². The molecule has 1 aromatic carbocycles. The highest BCUT2D eigenvalue weighted by Crippen LogP contribution is 2.16. The summed E-state index contributed by atoms with van der Waals surface area (Å²) >= 11 is 0. The van der Waals surface area contributed by atoms with Gasteiger partial charge in [0.1, 0.15) is 0 Å². The number of carbonyl (C=O) groups is 1. The number of hydrogen-bond donors (Lipinski definition) is 2. The molecule has 1 atom stereocenters. The van der Waals surface area contributed by atoms with E-state index in [1.165, 1.54) is 5.56 Å². The lowest BCUT2D eigenvalue weighted by molar-refractivity contribution is -0.120. The van der Waals surface area contributed by atoms with Gasteiger partial charge >= 0.3 is 0 Å². The van der Waals surface area contributed by atoms with Crippen molar-refractivity contribution in [1.29, 1.82) is 0 Å². The van der Waals surface area contributed by atoms with Crippen molar-refractivity contribution < 1.29 is 4.79 Å². The van der Waals surface area contributed by atoms with E-state index in [2.05, 4.69) is 34.5 Å². The molecule has 1 unspecified atom stereocenters. The van der Waals surface area contributed by atoms with Gasteiger partial charge in [-0.25, -0.2) is 0 Å². The number of nitrogens with zero attached hydrogens (tertiary/aromatic N) is 1. The number of piperazine rings is 1. The van der Waals surface area contributed by atoms with Gasteiger partial charge < -0.3 is 16.0 Å². The Hall–Kier alpha value is -1.55. The molecule has 0 radical (unpaired) electrons. The van der Waals surface area contributed by atoms with Crippen LogP contribution in [-0.2, 0) is 11.2 Å². The van der Waals surface area contributed by atoms with Crippen LogP contribution in [0.4, 0.5) is 5.69 Å². The summed E-state index contributed by atoms with van der Waals surface area (Å²) in [5.74, 6) is 0.0934. The van der Waals surface area contributed by atoms with E-state index < -0.39 is 0 Å². The zero-order chi connectivity index (χ0) is 12.3.